The third kappa shape index (κ3) is 5.57. The average molecular weight is 484 g/mol. The van der Waals surface area contributed by atoms with E-state index in [9.17, 15) is 0 Å². The van der Waals surface area contributed by atoms with Gasteiger partial charge in [0.15, 0.2) is 5.96 Å². The molecular weight excluding hydrogens is 455 g/mol. The number of hydrogen-bond donors (Lipinski definition) is 1. The second-order valence-electron chi connectivity index (χ2n) is 6.45. The second-order valence-corrected chi connectivity index (χ2v) is 6.45. The minimum atomic E-state index is 0. The number of pyridine rings is 1. The van der Waals surface area contributed by atoms with Gasteiger partial charge >= 0.3 is 0 Å². The van der Waals surface area contributed by atoms with Crippen LogP contribution in [0.2, 0.25) is 0 Å². The fourth-order valence-corrected chi connectivity index (χ4v) is 3.25. The maximum absolute atomic E-state index is 5.23. The Balaban J connectivity index is 0.00000261. The van der Waals surface area contributed by atoms with Crippen LogP contribution in [0.4, 0.5) is 5.82 Å². The van der Waals surface area contributed by atoms with Crippen molar-refractivity contribution in [1.82, 2.24) is 20.4 Å². The molecule has 3 heterocycles. The molecule has 0 saturated carbocycles. The first-order valence-corrected chi connectivity index (χ1v) is 9.30. The van der Waals surface area contributed by atoms with Gasteiger partial charge in [0.1, 0.15) is 11.6 Å². The van der Waals surface area contributed by atoms with E-state index in [1.54, 1.807) is 0 Å². The van der Waals surface area contributed by atoms with Gasteiger partial charge in [0.25, 0.3) is 0 Å². The van der Waals surface area contributed by atoms with E-state index in [4.69, 9.17) is 9.52 Å². The van der Waals surface area contributed by atoms with E-state index < -0.39 is 0 Å². The Labute approximate surface area is 178 Å². The fourth-order valence-electron chi connectivity index (χ4n) is 3.25. The van der Waals surface area contributed by atoms with E-state index >= 15 is 0 Å². The van der Waals surface area contributed by atoms with Crippen molar-refractivity contribution in [3.8, 4) is 0 Å². The number of aromatic nitrogens is 2. The Hall–Kier alpha value is -1.84. The highest BCUT2D eigenvalue weighted by atomic mass is 127. The van der Waals surface area contributed by atoms with Crippen LogP contribution in [0.25, 0.3) is 0 Å². The summed E-state index contributed by atoms with van der Waals surface area (Å²) in [4.78, 5) is 13.9. The quantitative estimate of drug-likeness (QED) is 0.400. The Bertz CT molecular complexity index is 706. The van der Waals surface area contributed by atoms with Crippen molar-refractivity contribution in [3.63, 3.8) is 0 Å². The molecule has 0 aliphatic carbocycles. The molecule has 1 aliphatic heterocycles. The van der Waals surface area contributed by atoms with Gasteiger partial charge in [0.2, 0.25) is 0 Å². The van der Waals surface area contributed by atoms with Gasteiger partial charge in [-0.2, -0.15) is 0 Å². The van der Waals surface area contributed by atoms with E-state index in [0.717, 1.165) is 68.9 Å². The lowest BCUT2D eigenvalue weighted by Gasteiger charge is -2.37. The minimum absolute atomic E-state index is 0. The van der Waals surface area contributed by atoms with Crippen LogP contribution in [0.1, 0.15) is 23.9 Å². The summed E-state index contributed by atoms with van der Waals surface area (Å²) in [7, 11) is 0. The molecule has 8 heteroatoms. The zero-order chi connectivity index (χ0) is 18.4. The first kappa shape index (κ1) is 21.5. The number of anilines is 1. The number of piperazine rings is 1. The summed E-state index contributed by atoms with van der Waals surface area (Å²) in [6.45, 7) is 11.4. The zero-order valence-corrected chi connectivity index (χ0v) is 18.6. The van der Waals surface area contributed by atoms with Crippen molar-refractivity contribution in [2.24, 2.45) is 4.99 Å². The largest absolute Gasteiger partial charge is 0.361 e. The molecule has 27 heavy (non-hydrogen) atoms. The summed E-state index contributed by atoms with van der Waals surface area (Å²) < 4.78 is 5.23. The molecule has 7 nitrogen and oxygen atoms in total. The predicted molar refractivity (Wildman–Crippen MR) is 119 cm³/mol. The number of hydrogen-bond acceptors (Lipinski definition) is 5. The molecule has 1 N–H and O–H groups in total. The highest BCUT2D eigenvalue weighted by Gasteiger charge is 2.20. The summed E-state index contributed by atoms with van der Waals surface area (Å²) in [5.41, 5.74) is 2.14. The van der Waals surface area contributed by atoms with Gasteiger partial charge in [-0.1, -0.05) is 11.2 Å². The Morgan fingerprint density at radius 2 is 2.00 bits per heavy atom. The van der Waals surface area contributed by atoms with Crippen LogP contribution in [0.15, 0.2) is 33.9 Å². The number of guanidine groups is 1. The van der Waals surface area contributed by atoms with Gasteiger partial charge in [0.05, 0.1) is 5.69 Å². The number of aliphatic imine (C=N–C) groups is 1. The molecule has 3 rings (SSSR count). The van der Waals surface area contributed by atoms with Crippen LogP contribution in [-0.4, -0.2) is 60.3 Å². The lowest BCUT2D eigenvalue weighted by atomic mass is 10.1. The smallest absolute Gasteiger partial charge is 0.194 e. The van der Waals surface area contributed by atoms with Crippen molar-refractivity contribution in [2.75, 3.05) is 44.2 Å². The van der Waals surface area contributed by atoms with Gasteiger partial charge in [-0.05, 0) is 39.3 Å². The first-order chi connectivity index (χ1) is 12.7. The molecule has 1 fully saturated rings. The van der Waals surface area contributed by atoms with Gasteiger partial charge in [0, 0.05) is 51.0 Å². The third-order valence-corrected chi connectivity index (χ3v) is 4.69. The van der Waals surface area contributed by atoms with Gasteiger partial charge < -0.3 is 19.6 Å². The van der Waals surface area contributed by atoms with Crippen molar-refractivity contribution in [1.29, 1.82) is 0 Å². The average Bonchev–Trinajstić information content (AvgIpc) is 3.00. The summed E-state index contributed by atoms with van der Waals surface area (Å²) in [6, 6.07) is 6.06. The van der Waals surface area contributed by atoms with Gasteiger partial charge in [-0.25, -0.2) is 4.98 Å². The molecule has 2 aromatic rings. The molecule has 0 spiro atoms. The molecule has 2 aromatic heterocycles. The molecular formula is C19H29IN6O. The number of halogens is 1. The normalized spacial score (nSPS) is 14.9. The van der Waals surface area contributed by atoms with E-state index in [1.807, 2.05) is 32.2 Å². The van der Waals surface area contributed by atoms with Crippen LogP contribution in [0.5, 0.6) is 0 Å². The monoisotopic (exact) mass is 484 g/mol. The van der Waals surface area contributed by atoms with Crippen LogP contribution < -0.4 is 10.2 Å². The summed E-state index contributed by atoms with van der Waals surface area (Å²) >= 11 is 0. The maximum atomic E-state index is 5.23. The van der Waals surface area contributed by atoms with Crippen LogP contribution in [-0.2, 0) is 6.42 Å². The van der Waals surface area contributed by atoms with Gasteiger partial charge in [-0.3, -0.25) is 4.99 Å². The second kappa shape index (κ2) is 10.5. The molecule has 0 unspecified atom stereocenters. The number of rotatable bonds is 5. The van der Waals surface area contributed by atoms with E-state index in [1.165, 1.54) is 5.56 Å². The van der Waals surface area contributed by atoms with Crippen molar-refractivity contribution in [2.45, 2.75) is 27.2 Å². The topological polar surface area (TPSA) is 69.8 Å². The van der Waals surface area contributed by atoms with Crippen molar-refractivity contribution in [3.05, 3.63) is 41.4 Å². The molecule has 1 aliphatic rings. The fraction of sp³-hybridized carbons (Fsp3) is 0.526. The standard InChI is InChI=1S/C19H28N6O.HI/c1-4-20-19(22-10-8-17-15(2)23-26-16(17)3)25-13-11-24(12-14-25)18-7-5-6-9-21-18;/h5-7,9H,4,8,10-14H2,1-3H3,(H,20,22);1H. The Kier molecular flexibility index (Phi) is 8.33. The minimum Gasteiger partial charge on any atom is -0.361 e. The first-order valence-electron chi connectivity index (χ1n) is 9.30. The lowest BCUT2D eigenvalue weighted by molar-refractivity contribution is 0.371. The maximum Gasteiger partial charge on any atom is 0.194 e. The molecule has 148 valence electrons. The highest BCUT2D eigenvalue weighted by molar-refractivity contribution is 14.0. The third-order valence-electron chi connectivity index (χ3n) is 4.69. The van der Waals surface area contributed by atoms with E-state index in [2.05, 4.69) is 38.2 Å². The van der Waals surface area contributed by atoms with Crippen LogP contribution in [0, 0.1) is 13.8 Å². The summed E-state index contributed by atoms with van der Waals surface area (Å²) in [5.74, 6) is 2.93. The van der Waals surface area contributed by atoms with Crippen LogP contribution in [0.3, 0.4) is 0 Å². The molecule has 0 aromatic carbocycles. The predicted octanol–water partition coefficient (Wildman–Crippen LogP) is 2.63. The van der Waals surface area contributed by atoms with Crippen molar-refractivity contribution >= 4 is 35.8 Å². The summed E-state index contributed by atoms with van der Waals surface area (Å²) in [5, 5.41) is 7.44. The Morgan fingerprint density at radius 1 is 1.22 bits per heavy atom. The summed E-state index contributed by atoms with van der Waals surface area (Å²) in [6.07, 6.45) is 2.70. The molecule has 1 saturated heterocycles. The SMILES string of the molecule is CCNC(=NCCc1c(C)noc1C)N1CCN(c2ccccn2)CC1.I. The Morgan fingerprint density at radius 3 is 2.59 bits per heavy atom. The molecule has 0 radical (unpaired) electrons. The highest BCUT2D eigenvalue weighted by Crippen LogP contribution is 2.14. The number of nitrogens with zero attached hydrogens (tertiary/aromatic N) is 5. The number of aryl methyl sites for hydroxylation is 2. The molecule has 0 atom stereocenters. The van der Waals surface area contributed by atoms with Crippen LogP contribution >= 0.6 is 24.0 Å². The zero-order valence-electron chi connectivity index (χ0n) is 16.3. The lowest BCUT2D eigenvalue weighted by Crippen LogP contribution is -2.52. The molecule has 0 amide bonds. The van der Waals surface area contributed by atoms with E-state index in [-0.39, 0.29) is 24.0 Å². The van der Waals surface area contributed by atoms with Gasteiger partial charge in [-0.15, -0.1) is 24.0 Å². The van der Waals surface area contributed by atoms with E-state index in [0.29, 0.717) is 0 Å². The van der Waals surface area contributed by atoms with Crippen molar-refractivity contribution < 1.29 is 4.52 Å². The molecule has 0 bridgehead atoms. The number of nitrogens with one attached hydrogen (secondary N) is 1.